The first-order chi connectivity index (χ1) is 17.2. The van der Waals surface area contributed by atoms with Gasteiger partial charge in [0.05, 0.1) is 31.6 Å². The van der Waals surface area contributed by atoms with Crippen molar-refractivity contribution in [3.8, 4) is 22.9 Å². The standard InChI is InChI=1S/C24H26N6O5/c1-28-8-7-15-13-18-21(35-14-34-18)22(32-2)19(15)20(28)23-25-26-27-30(23)17-6-4-3-5-16(17)24(31)29-9-11-33-12-10-29/h3-6,13,20H,7-12,14H2,1-2H3/t20-/m0/s1. The van der Waals surface area contributed by atoms with E-state index in [0.29, 0.717) is 60.6 Å². The Labute approximate surface area is 202 Å². The van der Waals surface area contributed by atoms with Crippen LogP contribution in [0.25, 0.3) is 5.69 Å². The second-order valence-electron chi connectivity index (χ2n) is 8.72. The SMILES string of the molecule is COc1c2c(cc3c1[C@@H](c1nnnn1-c1ccccc1C(=O)N1CCOCC1)N(C)CC3)OCO2. The molecule has 0 spiro atoms. The van der Waals surface area contributed by atoms with Crippen molar-refractivity contribution in [3.05, 3.63) is 52.8 Å². The molecule has 1 fully saturated rings. The number of hydrogen-bond donors (Lipinski definition) is 0. The van der Waals surface area contributed by atoms with E-state index in [2.05, 4.69) is 20.4 Å². The summed E-state index contributed by atoms with van der Waals surface area (Å²) in [5.74, 6) is 2.42. The normalized spacial score (nSPS) is 19.5. The highest BCUT2D eigenvalue weighted by molar-refractivity contribution is 5.97. The number of fused-ring (bicyclic) bond motifs is 2. The summed E-state index contributed by atoms with van der Waals surface area (Å²) < 4.78 is 24.3. The third-order valence-corrected chi connectivity index (χ3v) is 6.79. The zero-order valence-electron chi connectivity index (χ0n) is 19.6. The highest BCUT2D eigenvalue weighted by Crippen LogP contribution is 2.50. The largest absolute Gasteiger partial charge is 0.492 e. The number of tetrazole rings is 1. The van der Waals surface area contributed by atoms with E-state index in [4.69, 9.17) is 18.9 Å². The lowest BCUT2D eigenvalue weighted by Crippen LogP contribution is -2.41. The summed E-state index contributed by atoms with van der Waals surface area (Å²) in [5, 5.41) is 12.8. The number of likely N-dealkylation sites (N-methyl/N-ethyl adjacent to an activating group) is 1. The van der Waals surface area contributed by atoms with Crippen LogP contribution in [-0.2, 0) is 11.2 Å². The summed E-state index contributed by atoms with van der Waals surface area (Å²) >= 11 is 0. The van der Waals surface area contributed by atoms with E-state index in [9.17, 15) is 4.79 Å². The van der Waals surface area contributed by atoms with Gasteiger partial charge in [-0.1, -0.05) is 12.1 Å². The second-order valence-corrected chi connectivity index (χ2v) is 8.72. The van der Waals surface area contributed by atoms with Crippen molar-refractivity contribution in [1.82, 2.24) is 30.0 Å². The van der Waals surface area contributed by atoms with Gasteiger partial charge in [-0.05, 0) is 47.7 Å². The van der Waals surface area contributed by atoms with Crippen LogP contribution < -0.4 is 14.2 Å². The molecule has 0 unspecified atom stereocenters. The Morgan fingerprint density at radius 2 is 1.97 bits per heavy atom. The van der Waals surface area contributed by atoms with Crippen LogP contribution in [0, 0.1) is 0 Å². The van der Waals surface area contributed by atoms with Gasteiger partial charge < -0.3 is 23.8 Å². The molecule has 0 bridgehead atoms. The Kier molecular flexibility index (Phi) is 5.50. The van der Waals surface area contributed by atoms with E-state index >= 15 is 0 Å². The van der Waals surface area contributed by atoms with Crippen molar-refractivity contribution in [2.75, 3.05) is 53.8 Å². The molecule has 0 radical (unpaired) electrons. The summed E-state index contributed by atoms with van der Waals surface area (Å²) in [6, 6.07) is 9.12. The summed E-state index contributed by atoms with van der Waals surface area (Å²) in [6.45, 7) is 3.12. The number of para-hydroxylation sites is 1. The van der Waals surface area contributed by atoms with Gasteiger partial charge in [-0.25, -0.2) is 0 Å². The average Bonchev–Trinajstić information content (AvgIpc) is 3.57. The van der Waals surface area contributed by atoms with Crippen LogP contribution in [-0.4, -0.2) is 89.7 Å². The third-order valence-electron chi connectivity index (χ3n) is 6.79. The Morgan fingerprint density at radius 1 is 1.14 bits per heavy atom. The number of benzene rings is 2. The molecule has 182 valence electrons. The maximum atomic E-state index is 13.4. The lowest BCUT2D eigenvalue weighted by molar-refractivity contribution is 0.0303. The molecule has 4 heterocycles. The fourth-order valence-electron chi connectivity index (χ4n) is 5.07. The maximum absolute atomic E-state index is 13.4. The molecule has 1 atom stereocenters. The average molecular weight is 479 g/mol. The minimum Gasteiger partial charge on any atom is -0.492 e. The summed E-state index contributed by atoms with van der Waals surface area (Å²) in [7, 11) is 3.66. The molecule has 3 aliphatic heterocycles. The van der Waals surface area contributed by atoms with Crippen molar-refractivity contribution >= 4 is 5.91 Å². The Bertz CT molecular complexity index is 1270. The molecule has 0 saturated carbocycles. The van der Waals surface area contributed by atoms with Crippen LogP contribution in [0.4, 0.5) is 0 Å². The van der Waals surface area contributed by atoms with Gasteiger partial charge in [-0.3, -0.25) is 9.69 Å². The van der Waals surface area contributed by atoms with Gasteiger partial charge in [0.25, 0.3) is 5.91 Å². The highest BCUT2D eigenvalue weighted by Gasteiger charge is 2.38. The number of aromatic nitrogens is 4. The van der Waals surface area contributed by atoms with E-state index in [-0.39, 0.29) is 18.7 Å². The van der Waals surface area contributed by atoms with Crippen molar-refractivity contribution in [2.45, 2.75) is 12.5 Å². The molecule has 0 N–H and O–H groups in total. The molecule has 11 heteroatoms. The Balaban J connectivity index is 1.47. The summed E-state index contributed by atoms with van der Waals surface area (Å²) in [6.07, 6.45) is 0.822. The number of nitrogens with zero attached hydrogens (tertiary/aromatic N) is 6. The van der Waals surface area contributed by atoms with Gasteiger partial charge in [0.1, 0.15) is 6.04 Å². The first kappa shape index (κ1) is 21.8. The number of ether oxygens (including phenoxy) is 4. The van der Waals surface area contributed by atoms with Crippen molar-refractivity contribution < 1.29 is 23.7 Å². The molecule has 35 heavy (non-hydrogen) atoms. The minimum atomic E-state index is -0.315. The zero-order chi connectivity index (χ0) is 23.9. The fraction of sp³-hybridized carbons (Fsp3) is 0.417. The molecule has 1 aromatic heterocycles. The van der Waals surface area contributed by atoms with Gasteiger partial charge in [-0.15, -0.1) is 5.10 Å². The van der Waals surface area contributed by atoms with Gasteiger partial charge >= 0.3 is 0 Å². The first-order valence-corrected chi connectivity index (χ1v) is 11.6. The lowest BCUT2D eigenvalue weighted by atomic mass is 9.90. The van der Waals surface area contributed by atoms with Crippen molar-refractivity contribution in [1.29, 1.82) is 0 Å². The fourth-order valence-corrected chi connectivity index (χ4v) is 5.07. The molecule has 11 nitrogen and oxygen atoms in total. The van der Waals surface area contributed by atoms with E-state index in [1.54, 1.807) is 16.7 Å². The molecular formula is C24H26N6O5. The minimum absolute atomic E-state index is 0.0660. The monoisotopic (exact) mass is 478 g/mol. The predicted molar refractivity (Wildman–Crippen MR) is 123 cm³/mol. The molecule has 3 aromatic rings. The Hall–Kier alpha value is -3.70. The van der Waals surface area contributed by atoms with E-state index < -0.39 is 0 Å². The molecule has 1 amide bonds. The molecule has 6 rings (SSSR count). The van der Waals surface area contributed by atoms with E-state index in [0.717, 1.165) is 24.1 Å². The van der Waals surface area contributed by atoms with Gasteiger partial charge in [0.2, 0.25) is 12.5 Å². The molecule has 3 aliphatic rings. The number of carbonyl (C=O) groups excluding carboxylic acids is 1. The summed E-state index contributed by atoms with van der Waals surface area (Å²) in [4.78, 5) is 17.4. The van der Waals surface area contributed by atoms with Crippen molar-refractivity contribution in [3.63, 3.8) is 0 Å². The van der Waals surface area contributed by atoms with E-state index in [1.807, 2.05) is 37.4 Å². The van der Waals surface area contributed by atoms with Crippen LogP contribution in [0.3, 0.4) is 0 Å². The topological polar surface area (TPSA) is 104 Å². The predicted octanol–water partition coefficient (Wildman–Crippen LogP) is 1.45. The van der Waals surface area contributed by atoms with Crippen LogP contribution in [0.5, 0.6) is 17.2 Å². The summed E-state index contributed by atoms with van der Waals surface area (Å²) in [5.41, 5.74) is 3.21. The molecule has 0 aliphatic carbocycles. The third kappa shape index (κ3) is 3.58. The maximum Gasteiger partial charge on any atom is 0.256 e. The number of rotatable bonds is 4. The smallest absolute Gasteiger partial charge is 0.256 e. The molecule has 2 aromatic carbocycles. The Morgan fingerprint density at radius 3 is 2.80 bits per heavy atom. The van der Waals surface area contributed by atoms with Gasteiger partial charge in [0, 0.05) is 25.2 Å². The molecular weight excluding hydrogens is 452 g/mol. The highest BCUT2D eigenvalue weighted by atomic mass is 16.7. The lowest BCUT2D eigenvalue weighted by Gasteiger charge is -2.35. The number of hydrogen-bond acceptors (Lipinski definition) is 9. The van der Waals surface area contributed by atoms with Crippen LogP contribution in [0.1, 0.15) is 33.4 Å². The zero-order valence-corrected chi connectivity index (χ0v) is 19.6. The van der Waals surface area contributed by atoms with Crippen LogP contribution >= 0.6 is 0 Å². The van der Waals surface area contributed by atoms with E-state index in [1.165, 1.54) is 0 Å². The van der Waals surface area contributed by atoms with Gasteiger partial charge in [0.15, 0.2) is 17.3 Å². The van der Waals surface area contributed by atoms with Gasteiger partial charge in [-0.2, -0.15) is 4.68 Å². The van der Waals surface area contributed by atoms with Crippen LogP contribution in [0.15, 0.2) is 30.3 Å². The number of carbonyl (C=O) groups is 1. The number of amides is 1. The number of methoxy groups -OCH3 is 1. The van der Waals surface area contributed by atoms with Crippen LogP contribution in [0.2, 0.25) is 0 Å². The first-order valence-electron chi connectivity index (χ1n) is 11.6. The van der Waals surface area contributed by atoms with Crippen molar-refractivity contribution in [2.24, 2.45) is 0 Å². The quantitative estimate of drug-likeness (QED) is 0.551. The number of morpholine rings is 1. The molecule has 1 saturated heterocycles. The second kappa shape index (κ2) is 8.82.